The number of hydrogen-bond acceptors (Lipinski definition) is 4. The molecule has 1 aliphatic rings. The van der Waals surface area contributed by atoms with Gasteiger partial charge in [-0.25, -0.2) is 0 Å². The molecule has 2 aromatic rings. The Morgan fingerprint density at radius 1 is 1.03 bits per heavy atom. The van der Waals surface area contributed by atoms with E-state index in [0.717, 1.165) is 51.3 Å². The molecule has 0 spiro atoms. The number of likely N-dealkylation sites (tertiary alicyclic amines) is 1. The van der Waals surface area contributed by atoms with Crippen molar-refractivity contribution in [3.05, 3.63) is 42.0 Å². The molecule has 0 N–H and O–H groups in total. The predicted molar refractivity (Wildman–Crippen MR) is 123 cm³/mol. The lowest BCUT2D eigenvalue weighted by Gasteiger charge is -2.31. The van der Waals surface area contributed by atoms with Gasteiger partial charge in [0.05, 0.1) is 19.1 Å². The maximum absolute atomic E-state index is 12.0. The van der Waals surface area contributed by atoms with Gasteiger partial charge in [0.15, 0.2) is 0 Å². The standard InChI is InChI=1S/C26H37NO3/c1-3-5-6-7-8-18-30-24-13-12-21-10-9-11-23(25(21)19-24)20-27-16-14-22(15-17-27)26(28)29-4-2/h9-13,19,22H,3-8,14-18,20H2,1-2H3. The lowest BCUT2D eigenvalue weighted by Crippen LogP contribution is -2.36. The Labute approximate surface area is 181 Å². The van der Waals surface area contributed by atoms with Crippen LogP contribution in [0, 0.1) is 5.92 Å². The third-order valence-electron chi connectivity index (χ3n) is 6.06. The second-order valence-electron chi connectivity index (χ2n) is 8.37. The molecule has 4 heteroatoms. The fourth-order valence-corrected chi connectivity index (χ4v) is 4.27. The molecule has 1 fully saturated rings. The molecule has 0 aliphatic carbocycles. The van der Waals surface area contributed by atoms with Crippen LogP contribution in [-0.4, -0.2) is 37.2 Å². The van der Waals surface area contributed by atoms with E-state index in [1.165, 1.54) is 42.0 Å². The summed E-state index contributed by atoms with van der Waals surface area (Å²) in [6.07, 6.45) is 8.02. The Morgan fingerprint density at radius 3 is 2.60 bits per heavy atom. The third kappa shape index (κ3) is 6.46. The lowest BCUT2D eigenvalue weighted by molar-refractivity contribution is -0.149. The fraction of sp³-hybridized carbons (Fsp3) is 0.577. The smallest absolute Gasteiger partial charge is 0.309 e. The maximum Gasteiger partial charge on any atom is 0.309 e. The van der Waals surface area contributed by atoms with Crippen LogP contribution >= 0.6 is 0 Å². The number of ether oxygens (including phenoxy) is 2. The highest BCUT2D eigenvalue weighted by Crippen LogP contribution is 2.27. The molecule has 0 atom stereocenters. The van der Waals surface area contributed by atoms with Crippen molar-refractivity contribution in [1.29, 1.82) is 0 Å². The minimum absolute atomic E-state index is 0.0289. The molecule has 0 saturated carbocycles. The molecule has 1 saturated heterocycles. The Kier molecular flexibility index (Phi) is 9.00. The van der Waals surface area contributed by atoms with Gasteiger partial charge in [0, 0.05) is 6.54 Å². The number of esters is 1. The summed E-state index contributed by atoms with van der Waals surface area (Å²) in [6.45, 7) is 8.16. The number of hydrogen-bond donors (Lipinski definition) is 0. The van der Waals surface area contributed by atoms with Crippen LogP contribution in [0.2, 0.25) is 0 Å². The molecule has 1 heterocycles. The van der Waals surface area contributed by atoms with Crippen molar-refractivity contribution >= 4 is 16.7 Å². The number of rotatable bonds is 11. The summed E-state index contributed by atoms with van der Waals surface area (Å²) in [4.78, 5) is 14.4. The summed E-state index contributed by atoms with van der Waals surface area (Å²) in [7, 11) is 0. The van der Waals surface area contributed by atoms with Gasteiger partial charge >= 0.3 is 5.97 Å². The Bertz CT molecular complexity index is 796. The monoisotopic (exact) mass is 411 g/mol. The van der Waals surface area contributed by atoms with E-state index in [0.29, 0.717) is 6.61 Å². The largest absolute Gasteiger partial charge is 0.494 e. The van der Waals surface area contributed by atoms with Crippen molar-refractivity contribution in [2.75, 3.05) is 26.3 Å². The van der Waals surface area contributed by atoms with Gasteiger partial charge in [-0.2, -0.15) is 0 Å². The van der Waals surface area contributed by atoms with Crippen molar-refractivity contribution in [1.82, 2.24) is 4.90 Å². The van der Waals surface area contributed by atoms with Crippen molar-refractivity contribution in [3.8, 4) is 5.75 Å². The maximum atomic E-state index is 12.0. The second kappa shape index (κ2) is 11.9. The molecule has 0 unspecified atom stereocenters. The van der Waals surface area contributed by atoms with Crippen molar-refractivity contribution in [2.24, 2.45) is 5.92 Å². The molecule has 3 rings (SSSR count). The average Bonchev–Trinajstić information content (AvgIpc) is 2.77. The first-order valence-electron chi connectivity index (χ1n) is 11.7. The molecular weight excluding hydrogens is 374 g/mol. The van der Waals surface area contributed by atoms with Crippen LogP contribution in [0.1, 0.15) is 64.4 Å². The van der Waals surface area contributed by atoms with Crippen LogP contribution in [0.5, 0.6) is 5.75 Å². The first kappa shape index (κ1) is 22.6. The molecule has 0 amide bonds. The van der Waals surface area contributed by atoms with E-state index in [1.807, 2.05) is 6.92 Å². The van der Waals surface area contributed by atoms with E-state index >= 15 is 0 Å². The van der Waals surface area contributed by atoms with E-state index < -0.39 is 0 Å². The number of piperidine rings is 1. The van der Waals surface area contributed by atoms with Crippen LogP contribution in [0.25, 0.3) is 10.8 Å². The van der Waals surface area contributed by atoms with Crippen LogP contribution in [-0.2, 0) is 16.1 Å². The zero-order valence-corrected chi connectivity index (χ0v) is 18.7. The van der Waals surface area contributed by atoms with Crippen LogP contribution in [0.15, 0.2) is 36.4 Å². The molecule has 30 heavy (non-hydrogen) atoms. The summed E-state index contributed by atoms with van der Waals surface area (Å²) in [5.74, 6) is 0.997. The van der Waals surface area contributed by atoms with Gasteiger partial charge in [-0.3, -0.25) is 9.69 Å². The molecule has 164 valence electrons. The van der Waals surface area contributed by atoms with Gasteiger partial charge in [0.25, 0.3) is 0 Å². The van der Waals surface area contributed by atoms with Gasteiger partial charge in [-0.1, -0.05) is 56.9 Å². The van der Waals surface area contributed by atoms with Crippen molar-refractivity contribution in [3.63, 3.8) is 0 Å². The zero-order chi connectivity index (χ0) is 21.2. The van der Waals surface area contributed by atoms with Crippen LogP contribution < -0.4 is 4.74 Å². The zero-order valence-electron chi connectivity index (χ0n) is 18.7. The molecule has 0 radical (unpaired) electrons. The molecule has 0 aromatic heterocycles. The first-order valence-corrected chi connectivity index (χ1v) is 11.7. The SMILES string of the molecule is CCCCCCCOc1ccc2cccc(CN3CCC(C(=O)OCC)CC3)c2c1. The van der Waals surface area contributed by atoms with E-state index in [4.69, 9.17) is 9.47 Å². The minimum Gasteiger partial charge on any atom is -0.494 e. The molecule has 2 aromatic carbocycles. The number of unbranched alkanes of at least 4 members (excludes halogenated alkanes) is 4. The highest BCUT2D eigenvalue weighted by Gasteiger charge is 2.26. The van der Waals surface area contributed by atoms with Gasteiger partial charge in [0.1, 0.15) is 5.75 Å². The van der Waals surface area contributed by atoms with E-state index in [1.54, 1.807) is 0 Å². The summed E-state index contributed by atoms with van der Waals surface area (Å²) >= 11 is 0. The van der Waals surface area contributed by atoms with E-state index in [-0.39, 0.29) is 11.9 Å². The quantitative estimate of drug-likeness (QED) is 0.338. The number of benzene rings is 2. The summed E-state index contributed by atoms with van der Waals surface area (Å²) < 4.78 is 11.2. The molecule has 4 nitrogen and oxygen atoms in total. The first-order chi connectivity index (χ1) is 14.7. The number of nitrogens with zero attached hydrogens (tertiary/aromatic N) is 1. The van der Waals surface area contributed by atoms with Gasteiger partial charge < -0.3 is 9.47 Å². The predicted octanol–water partition coefficient (Wildman–Crippen LogP) is 5.96. The van der Waals surface area contributed by atoms with Crippen molar-refractivity contribution in [2.45, 2.75) is 65.3 Å². The topological polar surface area (TPSA) is 38.8 Å². The number of carbonyl (C=O) groups is 1. The van der Waals surface area contributed by atoms with Gasteiger partial charge in [-0.15, -0.1) is 0 Å². The Hall–Kier alpha value is -2.07. The van der Waals surface area contributed by atoms with Gasteiger partial charge in [0.2, 0.25) is 0 Å². The Balaban J connectivity index is 1.57. The highest BCUT2D eigenvalue weighted by molar-refractivity contribution is 5.87. The average molecular weight is 412 g/mol. The van der Waals surface area contributed by atoms with E-state index in [2.05, 4.69) is 48.2 Å². The molecular formula is C26H37NO3. The van der Waals surface area contributed by atoms with Crippen molar-refractivity contribution < 1.29 is 14.3 Å². The summed E-state index contributed by atoms with van der Waals surface area (Å²) in [5.41, 5.74) is 1.33. The van der Waals surface area contributed by atoms with Crippen LogP contribution in [0.4, 0.5) is 0 Å². The number of fused-ring (bicyclic) bond motifs is 1. The van der Waals surface area contributed by atoms with E-state index in [9.17, 15) is 4.79 Å². The van der Waals surface area contributed by atoms with Crippen LogP contribution in [0.3, 0.4) is 0 Å². The Morgan fingerprint density at radius 2 is 1.83 bits per heavy atom. The summed E-state index contributed by atoms with van der Waals surface area (Å²) in [5, 5.41) is 2.53. The fourth-order valence-electron chi connectivity index (χ4n) is 4.27. The van der Waals surface area contributed by atoms with Gasteiger partial charge in [-0.05, 0) is 67.7 Å². The lowest BCUT2D eigenvalue weighted by atomic mass is 9.96. The molecule has 0 bridgehead atoms. The second-order valence-corrected chi connectivity index (χ2v) is 8.37. The minimum atomic E-state index is -0.0289. The normalized spacial score (nSPS) is 15.4. The summed E-state index contributed by atoms with van der Waals surface area (Å²) in [6, 6.07) is 13.0. The number of carbonyl (C=O) groups excluding carboxylic acids is 1. The molecule has 1 aliphatic heterocycles. The third-order valence-corrected chi connectivity index (χ3v) is 6.06. The highest BCUT2D eigenvalue weighted by atomic mass is 16.5.